The summed E-state index contributed by atoms with van der Waals surface area (Å²) in [5, 5.41) is 6.65. The first-order chi connectivity index (χ1) is 14.0. The van der Waals surface area contributed by atoms with Crippen LogP contribution >= 0.6 is 24.0 Å². The quantitative estimate of drug-likeness (QED) is 0.193. The van der Waals surface area contributed by atoms with Crippen LogP contribution in [0.5, 0.6) is 0 Å². The number of hydrogen-bond acceptors (Lipinski definition) is 3. The maximum atomic E-state index is 12.3. The van der Waals surface area contributed by atoms with E-state index in [1.807, 2.05) is 43.3 Å². The third-order valence-electron chi connectivity index (χ3n) is 4.55. The van der Waals surface area contributed by atoms with Crippen molar-refractivity contribution >= 4 is 39.8 Å². The number of sulfone groups is 1. The van der Waals surface area contributed by atoms with Crippen molar-refractivity contribution in [3.8, 4) is 0 Å². The average Bonchev–Trinajstić information content (AvgIpc) is 2.71. The number of aliphatic imine (C=N–C) groups is 1. The van der Waals surface area contributed by atoms with Crippen molar-refractivity contribution in [3.05, 3.63) is 71.8 Å². The highest BCUT2D eigenvalue weighted by Gasteiger charge is 2.11. The molecule has 0 heterocycles. The molecule has 1 unspecified atom stereocenters. The number of rotatable bonds is 11. The first-order valence-corrected chi connectivity index (χ1v) is 12.1. The Kier molecular flexibility index (Phi) is 12.7. The Labute approximate surface area is 198 Å². The van der Waals surface area contributed by atoms with Gasteiger partial charge in [0.15, 0.2) is 15.8 Å². The maximum absolute atomic E-state index is 12.3. The molecule has 0 radical (unpaired) electrons. The van der Waals surface area contributed by atoms with Gasteiger partial charge in [-0.05, 0) is 44.2 Å². The summed E-state index contributed by atoms with van der Waals surface area (Å²) in [7, 11) is -3.12. The monoisotopic (exact) mass is 543 g/mol. The third kappa shape index (κ3) is 11.0. The first kappa shape index (κ1) is 26.4. The van der Waals surface area contributed by atoms with E-state index in [0.717, 1.165) is 30.9 Å². The van der Waals surface area contributed by atoms with E-state index in [-0.39, 0.29) is 41.5 Å². The van der Waals surface area contributed by atoms with Gasteiger partial charge in [-0.3, -0.25) is 4.99 Å². The third-order valence-corrected chi connectivity index (χ3v) is 6.23. The summed E-state index contributed by atoms with van der Waals surface area (Å²) in [6, 6.07) is 20.0. The molecule has 0 saturated carbocycles. The summed E-state index contributed by atoms with van der Waals surface area (Å²) in [6.45, 7) is 5.41. The van der Waals surface area contributed by atoms with Gasteiger partial charge >= 0.3 is 0 Å². The lowest BCUT2D eigenvalue weighted by Gasteiger charge is -2.18. The van der Waals surface area contributed by atoms with Crippen LogP contribution < -0.4 is 10.6 Å². The predicted octanol–water partition coefficient (Wildman–Crippen LogP) is 4.19. The van der Waals surface area contributed by atoms with Crippen LogP contribution in [-0.2, 0) is 22.0 Å². The molecule has 2 aromatic carbocycles. The molecule has 2 N–H and O–H groups in total. The first-order valence-electron chi connectivity index (χ1n) is 10.3. The standard InChI is InChI=1S/C23H33N3O2S.HI/c1-3-24-23(26-20(2)15-16-21-11-6-4-7-12-21)25-17-10-18-29(27,28)19-22-13-8-5-9-14-22;/h4-9,11-14,20H,3,10,15-19H2,1-2H3,(H2,24,25,26);1H. The van der Waals surface area contributed by atoms with Gasteiger partial charge in [-0.15, -0.1) is 24.0 Å². The van der Waals surface area contributed by atoms with Crippen molar-refractivity contribution in [1.82, 2.24) is 10.6 Å². The van der Waals surface area contributed by atoms with Gasteiger partial charge in [0.1, 0.15) is 0 Å². The number of benzene rings is 2. The van der Waals surface area contributed by atoms with Crippen molar-refractivity contribution in [2.45, 2.75) is 44.9 Å². The number of halogens is 1. The van der Waals surface area contributed by atoms with Crippen LogP contribution in [0.3, 0.4) is 0 Å². The highest BCUT2D eigenvalue weighted by Crippen LogP contribution is 2.07. The van der Waals surface area contributed by atoms with E-state index in [2.05, 4.69) is 46.8 Å². The minimum atomic E-state index is -3.12. The zero-order valence-electron chi connectivity index (χ0n) is 17.9. The molecule has 5 nitrogen and oxygen atoms in total. The van der Waals surface area contributed by atoms with Gasteiger partial charge in [0.05, 0.1) is 11.5 Å². The Morgan fingerprint density at radius 2 is 1.60 bits per heavy atom. The fourth-order valence-electron chi connectivity index (χ4n) is 3.03. The molecule has 0 saturated heterocycles. The second-order valence-corrected chi connectivity index (χ2v) is 9.45. The van der Waals surface area contributed by atoms with Gasteiger partial charge in [-0.25, -0.2) is 8.42 Å². The highest BCUT2D eigenvalue weighted by atomic mass is 127. The number of nitrogens with one attached hydrogen (secondary N) is 2. The number of nitrogens with zero attached hydrogens (tertiary/aromatic N) is 1. The topological polar surface area (TPSA) is 70.6 Å². The van der Waals surface area contributed by atoms with Crippen LogP contribution in [0, 0.1) is 0 Å². The molecule has 30 heavy (non-hydrogen) atoms. The zero-order chi connectivity index (χ0) is 21.0. The summed E-state index contributed by atoms with van der Waals surface area (Å²) in [5.41, 5.74) is 2.16. The smallest absolute Gasteiger partial charge is 0.191 e. The summed E-state index contributed by atoms with van der Waals surface area (Å²) in [6.07, 6.45) is 2.52. The largest absolute Gasteiger partial charge is 0.357 e. The molecule has 0 bridgehead atoms. The van der Waals surface area contributed by atoms with Crippen molar-refractivity contribution in [3.63, 3.8) is 0 Å². The molecule has 2 rings (SSSR count). The van der Waals surface area contributed by atoms with Gasteiger partial charge in [0, 0.05) is 19.1 Å². The molecule has 0 amide bonds. The van der Waals surface area contributed by atoms with Crippen LogP contribution in [0.15, 0.2) is 65.7 Å². The van der Waals surface area contributed by atoms with E-state index in [1.165, 1.54) is 5.56 Å². The van der Waals surface area contributed by atoms with Crippen LogP contribution in [0.1, 0.15) is 37.8 Å². The van der Waals surface area contributed by atoms with E-state index in [9.17, 15) is 8.42 Å². The van der Waals surface area contributed by atoms with Crippen molar-refractivity contribution < 1.29 is 8.42 Å². The number of guanidine groups is 1. The van der Waals surface area contributed by atoms with E-state index in [0.29, 0.717) is 13.0 Å². The molecular formula is C23H34IN3O2S. The van der Waals surface area contributed by atoms with E-state index in [4.69, 9.17) is 0 Å². The molecule has 0 spiro atoms. The average molecular weight is 544 g/mol. The number of hydrogen-bond donors (Lipinski definition) is 2. The summed E-state index contributed by atoms with van der Waals surface area (Å²) >= 11 is 0. The van der Waals surface area contributed by atoms with E-state index in [1.54, 1.807) is 0 Å². The van der Waals surface area contributed by atoms with Gasteiger partial charge < -0.3 is 10.6 Å². The Morgan fingerprint density at radius 3 is 2.20 bits per heavy atom. The fourth-order valence-corrected chi connectivity index (χ4v) is 4.44. The SMILES string of the molecule is CCNC(=NCCCS(=O)(=O)Cc1ccccc1)NC(C)CCc1ccccc1.I. The fraction of sp³-hybridized carbons (Fsp3) is 0.435. The lowest BCUT2D eigenvalue weighted by molar-refractivity contribution is 0.589. The van der Waals surface area contributed by atoms with Crippen LogP contribution in [0.4, 0.5) is 0 Å². The normalized spacial score (nSPS) is 12.7. The molecule has 0 aromatic heterocycles. The lowest BCUT2D eigenvalue weighted by atomic mass is 10.1. The lowest BCUT2D eigenvalue weighted by Crippen LogP contribution is -2.42. The second-order valence-electron chi connectivity index (χ2n) is 7.26. The summed E-state index contributed by atoms with van der Waals surface area (Å²) in [5.74, 6) is 0.981. The zero-order valence-corrected chi connectivity index (χ0v) is 21.0. The van der Waals surface area contributed by atoms with Crippen molar-refractivity contribution in [2.24, 2.45) is 4.99 Å². The molecule has 0 aliphatic carbocycles. The molecule has 0 aliphatic rings. The van der Waals surface area contributed by atoms with Gasteiger partial charge in [-0.1, -0.05) is 60.7 Å². The van der Waals surface area contributed by atoms with Crippen LogP contribution in [0.25, 0.3) is 0 Å². The Morgan fingerprint density at radius 1 is 1.00 bits per heavy atom. The Balaban J connectivity index is 0.00000450. The van der Waals surface area contributed by atoms with E-state index < -0.39 is 9.84 Å². The second kappa shape index (κ2) is 14.4. The Hall–Kier alpha value is -1.61. The predicted molar refractivity (Wildman–Crippen MR) is 137 cm³/mol. The summed E-state index contributed by atoms with van der Waals surface area (Å²) in [4.78, 5) is 4.55. The molecule has 1 atom stereocenters. The van der Waals surface area contributed by atoms with Gasteiger partial charge in [-0.2, -0.15) is 0 Å². The Bertz CT molecular complexity index is 843. The molecule has 0 fully saturated rings. The van der Waals surface area contributed by atoms with E-state index >= 15 is 0 Å². The molecule has 2 aromatic rings. The molecule has 166 valence electrons. The minimum Gasteiger partial charge on any atom is -0.357 e. The van der Waals surface area contributed by atoms with Crippen LogP contribution in [-0.4, -0.2) is 39.3 Å². The summed E-state index contributed by atoms with van der Waals surface area (Å²) < 4.78 is 24.6. The van der Waals surface area contributed by atoms with Crippen molar-refractivity contribution in [1.29, 1.82) is 0 Å². The number of aryl methyl sites for hydroxylation is 1. The molecule has 0 aliphatic heterocycles. The maximum Gasteiger partial charge on any atom is 0.191 e. The highest BCUT2D eigenvalue weighted by molar-refractivity contribution is 14.0. The van der Waals surface area contributed by atoms with Crippen molar-refractivity contribution in [2.75, 3.05) is 18.8 Å². The van der Waals surface area contributed by atoms with Gasteiger partial charge in [0.25, 0.3) is 0 Å². The molecule has 7 heteroatoms. The minimum absolute atomic E-state index is 0. The molecular weight excluding hydrogens is 509 g/mol. The van der Waals surface area contributed by atoms with Crippen LogP contribution in [0.2, 0.25) is 0 Å². The van der Waals surface area contributed by atoms with Gasteiger partial charge in [0.2, 0.25) is 0 Å².